The van der Waals surface area contributed by atoms with Gasteiger partial charge in [0.05, 0.1) is 16.7 Å². The molecule has 0 spiro atoms. The SMILES string of the molecule is CCC(=O)c1sc(N2CCCCCC2)c(OC(C)C)c1N. The van der Waals surface area contributed by atoms with Crippen molar-refractivity contribution in [3.05, 3.63) is 4.88 Å². The Hall–Kier alpha value is -1.23. The number of hydrogen-bond acceptors (Lipinski definition) is 5. The fraction of sp³-hybridized carbons (Fsp3) is 0.688. The van der Waals surface area contributed by atoms with Gasteiger partial charge in [-0.05, 0) is 26.7 Å². The number of nitrogens with zero attached hydrogens (tertiary/aromatic N) is 1. The van der Waals surface area contributed by atoms with Crippen LogP contribution >= 0.6 is 11.3 Å². The minimum absolute atomic E-state index is 0.0530. The van der Waals surface area contributed by atoms with E-state index < -0.39 is 0 Å². The molecule has 4 nitrogen and oxygen atoms in total. The van der Waals surface area contributed by atoms with Gasteiger partial charge in [0.15, 0.2) is 11.5 Å². The molecule has 5 heteroatoms. The molecule has 0 aliphatic carbocycles. The molecule has 0 amide bonds. The van der Waals surface area contributed by atoms with Crippen molar-refractivity contribution in [3.8, 4) is 5.75 Å². The van der Waals surface area contributed by atoms with Crippen LogP contribution in [0.4, 0.5) is 10.7 Å². The summed E-state index contributed by atoms with van der Waals surface area (Å²) >= 11 is 1.50. The highest BCUT2D eigenvalue weighted by molar-refractivity contribution is 7.19. The largest absolute Gasteiger partial charge is 0.486 e. The Morgan fingerprint density at radius 2 is 1.90 bits per heavy atom. The summed E-state index contributed by atoms with van der Waals surface area (Å²) in [4.78, 5) is 15.1. The van der Waals surface area contributed by atoms with Crippen LogP contribution in [0.2, 0.25) is 0 Å². The van der Waals surface area contributed by atoms with Crippen LogP contribution in [0.1, 0.15) is 62.5 Å². The smallest absolute Gasteiger partial charge is 0.177 e. The Labute approximate surface area is 131 Å². The Bertz CT molecular complexity index is 489. The molecule has 2 heterocycles. The van der Waals surface area contributed by atoms with Crippen LogP contribution in [0.25, 0.3) is 0 Å². The van der Waals surface area contributed by atoms with Gasteiger partial charge in [-0.2, -0.15) is 0 Å². The van der Waals surface area contributed by atoms with Gasteiger partial charge in [-0.1, -0.05) is 19.8 Å². The molecule has 0 saturated carbocycles. The summed E-state index contributed by atoms with van der Waals surface area (Å²) in [7, 11) is 0. The lowest BCUT2D eigenvalue weighted by molar-refractivity contribution is 0.0992. The maximum absolute atomic E-state index is 12.1. The molecule has 0 radical (unpaired) electrons. The molecule has 0 bridgehead atoms. The third-order valence-electron chi connectivity index (χ3n) is 3.70. The third kappa shape index (κ3) is 3.70. The maximum Gasteiger partial charge on any atom is 0.177 e. The number of rotatable bonds is 5. The zero-order valence-electron chi connectivity index (χ0n) is 13.3. The first-order valence-corrected chi connectivity index (χ1v) is 8.73. The van der Waals surface area contributed by atoms with Gasteiger partial charge in [0.1, 0.15) is 5.00 Å². The summed E-state index contributed by atoms with van der Waals surface area (Å²) in [6, 6.07) is 0. The van der Waals surface area contributed by atoms with E-state index in [0.717, 1.165) is 18.1 Å². The van der Waals surface area contributed by atoms with Crippen LogP contribution in [-0.2, 0) is 0 Å². The van der Waals surface area contributed by atoms with Gasteiger partial charge < -0.3 is 15.4 Å². The summed E-state index contributed by atoms with van der Waals surface area (Å²) in [5.74, 6) is 0.820. The van der Waals surface area contributed by atoms with Crippen molar-refractivity contribution in [2.45, 2.75) is 59.0 Å². The zero-order valence-corrected chi connectivity index (χ0v) is 14.1. The minimum Gasteiger partial charge on any atom is -0.486 e. The molecular weight excluding hydrogens is 284 g/mol. The molecular formula is C16H26N2O2S. The van der Waals surface area contributed by atoms with Crippen LogP contribution in [-0.4, -0.2) is 25.0 Å². The number of carbonyl (C=O) groups excluding carboxylic acids is 1. The molecule has 1 saturated heterocycles. The van der Waals surface area contributed by atoms with Gasteiger partial charge in [-0.25, -0.2) is 0 Å². The maximum atomic E-state index is 12.1. The van der Waals surface area contributed by atoms with Gasteiger partial charge >= 0.3 is 0 Å². The van der Waals surface area contributed by atoms with E-state index in [0.29, 0.717) is 22.7 Å². The molecule has 118 valence electrons. The number of thiophene rings is 1. The van der Waals surface area contributed by atoms with E-state index in [1.165, 1.54) is 37.0 Å². The standard InChI is InChI=1S/C16H26N2O2S/c1-4-12(19)15-13(17)14(20-11(2)3)16(21-15)18-9-7-5-6-8-10-18/h11H,4-10,17H2,1-3H3. The number of carbonyl (C=O) groups is 1. The quantitative estimate of drug-likeness (QED) is 0.832. The Balaban J connectivity index is 2.38. The van der Waals surface area contributed by atoms with E-state index in [2.05, 4.69) is 4.90 Å². The van der Waals surface area contributed by atoms with E-state index in [-0.39, 0.29) is 11.9 Å². The first kappa shape index (κ1) is 16.1. The predicted molar refractivity (Wildman–Crippen MR) is 89.8 cm³/mol. The predicted octanol–water partition coefficient (Wildman–Crippen LogP) is 4.09. The zero-order chi connectivity index (χ0) is 15.4. The number of Topliss-reactive ketones (excluding diaryl/α,β-unsaturated/α-hetero) is 1. The molecule has 1 aliphatic heterocycles. The number of nitrogens with two attached hydrogens (primary N) is 1. The lowest BCUT2D eigenvalue weighted by Crippen LogP contribution is -2.24. The first-order valence-electron chi connectivity index (χ1n) is 7.91. The molecule has 1 aromatic heterocycles. The normalized spacial score (nSPS) is 16.1. The molecule has 1 fully saturated rings. The van der Waals surface area contributed by atoms with Crippen molar-refractivity contribution in [1.29, 1.82) is 0 Å². The van der Waals surface area contributed by atoms with E-state index in [4.69, 9.17) is 10.5 Å². The van der Waals surface area contributed by atoms with Crippen molar-refractivity contribution >= 4 is 27.8 Å². The second-order valence-electron chi connectivity index (χ2n) is 5.82. The Morgan fingerprint density at radius 3 is 2.43 bits per heavy atom. The minimum atomic E-state index is 0.0530. The number of ketones is 1. The second-order valence-corrected chi connectivity index (χ2v) is 6.82. The van der Waals surface area contributed by atoms with Crippen LogP contribution in [0.5, 0.6) is 5.75 Å². The average Bonchev–Trinajstić information content (AvgIpc) is 2.67. The van der Waals surface area contributed by atoms with E-state index in [9.17, 15) is 4.79 Å². The lowest BCUT2D eigenvalue weighted by atomic mass is 10.2. The van der Waals surface area contributed by atoms with Crippen LogP contribution in [0.3, 0.4) is 0 Å². The van der Waals surface area contributed by atoms with Gasteiger partial charge in [-0.15, -0.1) is 11.3 Å². The topological polar surface area (TPSA) is 55.6 Å². The van der Waals surface area contributed by atoms with E-state index >= 15 is 0 Å². The van der Waals surface area contributed by atoms with Crippen molar-refractivity contribution in [3.63, 3.8) is 0 Å². The second kappa shape index (κ2) is 7.16. The fourth-order valence-corrected chi connectivity index (χ4v) is 3.83. The van der Waals surface area contributed by atoms with Gasteiger partial charge in [0, 0.05) is 19.5 Å². The summed E-state index contributed by atoms with van der Waals surface area (Å²) in [5, 5.41) is 1.04. The Kier molecular flexibility index (Phi) is 5.51. The monoisotopic (exact) mass is 310 g/mol. The highest BCUT2D eigenvalue weighted by atomic mass is 32.1. The summed E-state index contributed by atoms with van der Waals surface area (Å²) in [5.41, 5.74) is 6.74. The van der Waals surface area contributed by atoms with Crippen molar-refractivity contribution < 1.29 is 9.53 Å². The van der Waals surface area contributed by atoms with E-state index in [1.807, 2.05) is 20.8 Å². The molecule has 0 unspecified atom stereocenters. The highest BCUT2D eigenvalue weighted by Crippen LogP contribution is 2.46. The molecule has 1 aliphatic rings. The van der Waals surface area contributed by atoms with Gasteiger partial charge in [0.25, 0.3) is 0 Å². The van der Waals surface area contributed by atoms with E-state index in [1.54, 1.807) is 0 Å². The third-order valence-corrected chi connectivity index (χ3v) is 4.99. The molecule has 21 heavy (non-hydrogen) atoms. The van der Waals surface area contributed by atoms with Crippen LogP contribution in [0, 0.1) is 0 Å². The fourth-order valence-electron chi connectivity index (χ4n) is 2.62. The number of hydrogen-bond donors (Lipinski definition) is 1. The van der Waals surface area contributed by atoms with Crippen molar-refractivity contribution in [1.82, 2.24) is 0 Å². The summed E-state index contributed by atoms with van der Waals surface area (Å²) in [6.45, 7) is 7.90. The lowest BCUT2D eigenvalue weighted by Gasteiger charge is -2.23. The number of nitrogen functional groups attached to an aromatic ring is 1. The first-order chi connectivity index (χ1) is 10.0. The summed E-state index contributed by atoms with van der Waals surface area (Å²) in [6.07, 6.45) is 5.46. The highest BCUT2D eigenvalue weighted by Gasteiger charge is 2.26. The van der Waals surface area contributed by atoms with Gasteiger partial charge in [-0.3, -0.25) is 4.79 Å². The van der Waals surface area contributed by atoms with Crippen LogP contribution < -0.4 is 15.4 Å². The number of ether oxygens (including phenoxy) is 1. The molecule has 2 rings (SSSR count). The molecule has 1 aromatic rings. The Morgan fingerprint density at radius 1 is 1.29 bits per heavy atom. The number of anilines is 2. The van der Waals surface area contributed by atoms with Crippen molar-refractivity contribution in [2.75, 3.05) is 23.7 Å². The summed E-state index contributed by atoms with van der Waals surface area (Å²) < 4.78 is 5.94. The van der Waals surface area contributed by atoms with Crippen LogP contribution in [0.15, 0.2) is 0 Å². The molecule has 0 atom stereocenters. The molecule has 0 aromatic carbocycles. The van der Waals surface area contributed by atoms with Gasteiger partial charge in [0.2, 0.25) is 0 Å². The van der Waals surface area contributed by atoms with Crippen molar-refractivity contribution in [2.24, 2.45) is 0 Å². The average molecular weight is 310 g/mol. The molecule has 2 N–H and O–H groups in total.